The molecule has 4 rings (SSSR count). The van der Waals surface area contributed by atoms with Crippen LogP contribution in [0.4, 0.5) is 0 Å². The number of hydrogen-bond acceptors (Lipinski definition) is 2. The molecule has 0 N–H and O–H groups in total. The molecule has 0 radical (unpaired) electrons. The molecule has 120 valence electrons. The molecule has 23 heavy (non-hydrogen) atoms. The first kappa shape index (κ1) is 14.7. The summed E-state index contributed by atoms with van der Waals surface area (Å²) in [5, 5.41) is 7.11. The summed E-state index contributed by atoms with van der Waals surface area (Å²) in [4.78, 5) is 5.81. The van der Waals surface area contributed by atoms with Gasteiger partial charge >= 0.3 is 0 Å². The van der Waals surface area contributed by atoms with Gasteiger partial charge in [-0.1, -0.05) is 68.4 Å². The predicted molar refractivity (Wildman–Crippen MR) is 95.4 cm³/mol. The van der Waals surface area contributed by atoms with Crippen molar-refractivity contribution in [2.24, 2.45) is 21.9 Å². The number of rotatable bonds is 3. The van der Waals surface area contributed by atoms with E-state index in [1.165, 1.54) is 34.9 Å². The van der Waals surface area contributed by atoms with Gasteiger partial charge in [0.1, 0.15) is 6.61 Å². The summed E-state index contributed by atoms with van der Waals surface area (Å²) in [5.41, 5.74) is 3.06. The Balaban J connectivity index is 1.54. The zero-order valence-electron chi connectivity index (χ0n) is 14.3. The minimum Gasteiger partial charge on any atom is -0.391 e. The Morgan fingerprint density at radius 2 is 1.87 bits per heavy atom. The normalized spacial score (nSPS) is 30.2. The Bertz CT molecular complexity index is 771. The molecule has 2 aliphatic carbocycles. The average molecular weight is 307 g/mol. The molecule has 2 fully saturated rings. The van der Waals surface area contributed by atoms with Gasteiger partial charge in [-0.15, -0.1) is 0 Å². The highest BCUT2D eigenvalue weighted by Crippen LogP contribution is 2.64. The van der Waals surface area contributed by atoms with Crippen LogP contribution in [-0.2, 0) is 11.4 Å². The van der Waals surface area contributed by atoms with Crippen LogP contribution < -0.4 is 0 Å². The third-order valence-electron chi connectivity index (χ3n) is 6.79. The fraction of sp³-hybridized carbons (Fsp3) is 0.476. The van der Waals surface area contributed by atoms with Crippen LogP contribution in [-0.4, -0.2) is 5.71 Å². The lowest BCUT2D eigenvalue weighted by Gasteiger charge is -2.34. The first-order valence-corrected chi connectivity index (χ1v) is 8.68. The first-order chi connectivity index (χ1) is 11.0. The van der Waals surface area contributed by atoms with E-state index in [1.807, 2.05) is 0 Å². The summed E-state index contributed by atoms with van der Waals surface area (Å²) in [6.45, 7) is 7.72. The largest absolute Gasteiger partial charge is 0.391 e. The monoisotopic (exact) mass is 307 g/mol. The summed E-state index contributed by atoms with van der Waals surface area (Å²) in [6.07, 6.45) is 3.70. The molecule has 0 aliphatic heterocycles. The SMILES string of the molecule is CC1(C)[C@@H]2CC[C@]1(C)/C(=N/OCc1cccc3ccccc13)C2. The lowest BCUT2D eigenvalue weighted by Crippen LogP contribution is -2.32. The number of hydrogen-bond donors (Lipinski definition) is 0. The fourth-order valence-electron chi connectivity index (χ4n) is 4.66. The third kappa shape index (κ3) is 2.11. The van der Waals surface area contributed by atoms with E-state index in [1.54, 1.807) is 0 Å². The van der Waals surface area contributed by atoms with Crippen molar-refractivity contribution in [3.8, 4) is 0 Å². The second kappa shape index (κ2) is 5.09. The highest BCUT2D eigenvalue weighted by Gasteiger charge is 2.60. The van der Waals surface area contributed by atoms with Gasteiger partial charge in [-0.25, -0.2) is 0 Å². The van der Waals surface area contributed by atoms with E-state index in [0.29, 0.717) is 12.0 Å². The summed E-state index contributed by atoms with van der Waals surface area (Å²) < 4.78 is 0. The average Bonchev–Trinajstić information content (AvgIpc) is 2.88. The predicted octanol–water partition coefficient (Wildman–Crippen LogP) is 5.56. The lowest BCUT2D eigenvalue weighted by molar-refractivity contribution is 0.124. The maximum atomic E-state index is 5.81. The molecule has 2 heteroatoms. The molecule has 2 aliphatic rings. The van der Waals surface area contributed by atoms with E-state index in [-0.39, 0.29) is 5.41 Å². The van der Waals surface area contributed by atoms with Gasteiger partial charge < -0.3 is 4.84 Å². The number of oxime groups is 1. The Hall–Kier alpha value is -1.83. The van der Waals surface area contributed by atoms with Crippen molar-refractivity contribution in [1.82, 2.24) is 0 Å². The Kier molecular flexibility index (Phi) is 3.26. The van der Waals surface area contributed by atoms with Gasteiger partial charge in [0.15, 0.2) is 0 Å². The fourth-order valence-corrected chi connectivity index (χ4v) is 4.66. The van der Waals surface area contributed by atoms with Crippen LogP contribution in [0.3, 0.4) is 0 Å². The second-order valence-corrected chi connectivity index (χ2v) is 7.94. The van der Waals surface area contributed by atoms with Crippen LogP contribution in [0, 0.1) is 16.7 Å². The third-order valence-corrected chi connectivity index (χ3v) is 6.79. The number of fused-ring (bicyclic) bond motifs is 3. The molecular formula is C21H25NO. The second-order valence-electron chi connectivity index (χ2n) is 7.94. The highest BCUT2D eigenvalue weighted by molar-refractivity contribution is 5.94. The maximum Gasteiger partial charge on any atom is 0.142 e. The molecular weight excluding hydrogens is 282 g/mol. The van der Waals surface area contributed by atoms with Crippen molar-refractivity contribution in [1.29, 1.82) is 0 Å². The number of benzene rings is 2. The van der Waals surface area contributed by atoms with Crippen LogP contribution in [0.1, 0.15) is 45.6 Å². The molecule has 2 nitrogen and oxygen atoms in total. The van der Waals surface area contributed by atoms with E-state index in [2.05, 4.69) is 68.4 Å². The summed E-state index contributed by atoms with van der Waals surface area (Å²) >= 11 is 0. The highest BCUT2D eigenvalue weighted by atomic mass is 16.6. The van der Waals surface area contributed by atoms with Gasteiger partial charge in [0.25, 0.3) is 0 Å². The molecule has 2 aromatic rings. The van der Waals surface area contributed by atoms with Crippen molar-refractivity contribution >= 4 is 16.5 Å². The zero-order valence-corrected chi connectivity index (χ0v) is 14.3. The van der Waals surface area contributed by atoms with Crippen LogP contribution in [0.25, 0.3) is 10.8 Å². The molecule has 2 aromatic carbocycles. The van der Waals surface area contributed by atoms with E-state index < -0.39 is 0 Å². The van der Waals surface area contributed by atoms with Crippen LogP contribution in [0.5, 0.6) is 0 Å². The quantitative estimate of drug-likeness (QED) is 0.680. The molecule has 0 saturated heterocycles. The molecule has 0 aromatic heterocycles. The van der Waals surface area contributed by atoms with Gasteiger partial charge in [0.05, 0.1) is 5.71 Å². The topological polar surface area (TPSA) is 21.6 Å². The molecule has 0 amide bonds. The lowest BCUT2D eigenvalue weighted by atomic mass is 9.70. The minimum absolute atomic E-state index is 0.219. The van der Waals surface area contributed by atoms with Crippen molar-refractivity contribution in [3.05, 3.63) is 48.0 Å². The van der Waals surface area contributed by atoms with Crippen molar-refractivity contribution in [2.45, 2.75) is 46.6 Å². The van der Waals surface area contributed by atoms with Gasteiger partial charge in [-0.3, -0.25) is 0 Å². The summed E-state index contributed by atoms with van der Waals surface area (Å²) in [5.74, 6) is 0.771. The van der Waals surface area contributed by atoms with E-state index >= 15 is 0 Å². The molecule has 2 saturated carbocycles. The van der Waals surface area contributed by atoms with Crippen LogP contribution in [0.15, 0.2) is 47.6 Å². The van der Waals surface area contributed by atoms with Crippen molar-refractivity contribution in [3.63, 3.8) is 0 Å². The molecule has 0 heterocycles. The van der Waals surface area contributed by atoms with Crippen molar-refractivity contribution in [2.75, 3.05) is 0 Å². The minimum atomic E-state index is 0.219. The standard InChI is InChI=1S/C21H25NO/c1-20(2)17-11-12-21(20,3)19(13-17)22-23-14-16-9-6-8-15-7-4-5-10-18(15)16/h4-10,17H,11-14H2,1-3H3/b22-19+/t17-,21-/m1/s1. The van der Waals surface area contributed by atoms with Crippen LogP contribution >= 0.6 is 0 Å². The van der Waals surface area contributed by atoms with Gasteiger partial charge in [0.2, 0.25) is 0 Å². The molecule has 2 bridgehead atoms. The smallest absolute Gasteiger partial charge is 0.142 e. The Morgan fingerprint density at radius 3 is 2.61 bits per heavy atom. The molecule has 2 atom stereocenters. The van der Waals surface area contributed by atoms with E-state index in [4.69, 9.17) is 4.84 Å². The van der Waals surface area contributed by atoms with Gasteiger partial charge in [-0.05, 0) is 46.9 Å². The van der Waals surface area contributed by atoms with Crippen LogP contribution in [0.2, 0.25) is 0 Å². The molecule has 0 spiro atoms. The van der Waals surface area contributed by atoms with Crippen molar-refractivity contribution < 1.29 is 4.84 Å². The Labute approximate surface area is 138 Å². The van der Waals surface area contributed by atoms with Gasteiger partial charge in [0, 0.05) is 5.41 Å². The summed E-state index contributed by atoms with van der Waals surface area (Å²) in [7, 11) is 0. The first-order valence-electron chi connectivity index (χ1n) is 8.68. The van der Waals surface area contributed by atoms with Gasteiger partial charge in [-0.2, -0.15) is 0 Å². The van der Waals surface area contributed by atoms with E-state index in [0.717, 1.165) is 12.3 Å². The molecule has 0 unspecified atom stereocenters. The summed E-state index contributed by atoms with van der Waals surface area (Å²) in [6, 6.07) is 14.8. The van der Waals surface area contributed by atoms with E-state index in [9.17, 15) is 0 Å². The zero-order chi connectivity index (χ0) is 16.1. The number of nitrogens with zero attached hydrogens (tertiary/aromatic N) is 1. The maximum absolute atomic E-state index is 5.81. The Morgan fingerprint density at radius 1 is 1.09 bits per heavy atom.